The Balaban J connectivity index is 1.14. The van der Waals surface area contributed by atoms with Crippen LogP contribution in [0, 0.1) is 23.2 Å². The van der Waals surface area contributed by atoms with E-state index in [1.165, 1.54) is 62.1 Å². The number of amides is 1. The van der Waals surface area contributed by atoms with Gasteiger partial charge in [-0.25, -0.2) is 24.5 Å². The lowest BCUT2D eigenvalue weighted by molar-refractivity contribution is -0.205. The number of fused-ring (bicyclic) bond motifs is 1. The maximum absolute atomic E-state index is 13.3. The minimum atomic E-state index is -0.786. The largest absolute Gasteiger partial charge is 0.465 e. The van der Waals surface area contributed by atoms with Gasteiger partial charge in [0.15, 0.2) is 5.82 Å². The quantitative estimate of drug-likeness (QED) is 0.271. The zero-order valence-electron chi connectivity index (χ0n) is 24.2. The average molecular weight is 588 g/mol. The first-order chi connectivity index (χ1) is 20.0. The third-order valence-corrected chi connectivity index (χ3v) is 10.4. The van der Waals surface area contributed by atoms with Crippen molar-refractivity contribution in [2.45, 2.75) is 63.9 Å². The van der Waals surface area contributed by atoms with E-state index in [2.05, 4.69) is 22.1 Å². The van der Waals surface area contributed by atoms with E-state index < -0.39 is 17.7 Å². The molecule has 1 spiro atoms. The molecule has 4 aliphatic carbocycles. The first-order valence-electron chi connectivity index (χ1n) is 14.5. The lowest BCUT2D eigenvalue weighted by Crippen LogP contribution is -2.70. The summed E-state index contributed by atoms with van der Waals surface area (Å²) in [5, 5.41) is 0.547. The van der Waals surface area contributed by atoms with Gasteiger partial charge in [0.25, 0.3) is 0 Å². The molecule has 2 bridgehead atoms. The van der Waals surface area contributed by atoms with Crippen LogP contribution in [-0.2, 0) is 14.9 Å². The van der Waals surface area contributed by atoms with Gasteiger partial charge in [0.1, 0.15) is 11.4 Å². The highest BCUT2D eigenvalue weighted by Gasteiger charge is 2.81. The van der Waals surface area contributed by atoms with Crippen molar-refractivity contribution < 1.29 is 23.8 Å². The van der Waals surface area contributed by atoms with E-state index in [4.69, 9.17) is 25.8 Å². The van der Waals surface area contributed by atoms with E-state index in [1.54, 1.807) is 45.0 Å². The summed E-state index contributed by atoms with van der Waals surface area (Å²) in [6, 6.07) is 12.8. The molecular weight excluding hydrogens is 554 g/mol. The Hall–Kier alpha value is -3.65. The first kappa shape index (κ1) is 27.2. The molecule has 1 amide bonds. The van der Waals surface area contributed by atoms with Gasteiger partial charge in [-0.2, -0.15) is 0 Å². The highest BCUT2D eigenvalue weighted by Crippen LogP contribution is 2.86. The first-order valence-corrected chi connectivity index (χ1v) is 14.9. The van der Waals surface area contributed by atoms with E-state index in [-0.39, 0.29) is 22.9 Å². The molecule has 0 aliphatic heterocycles. The number of benzene rings is 2. The minimum absolute atomic E-state index is 0.151. The molecule has 1 aromatic heterocycles. The number of methoxy groups -OCH3 is 1. The fraction of sp³-hybridized carbons (Fsp3) is 0.455. The molecule has 4 saturated carbocycles. The number of hydrogen-bond donors (Lipinski definition) is 0. The summed E-state index contributed by atoms with van der Waals surface area (Å²) < 4.78 is 16.6. The van der Waals surface area contributed by atoms with E-state index in [0.717, 1.165) is 17.8 Å². The van der Waals surface area contributed by atoms with Gasteiger partial charge in [0, 0.05) is 5.41 Å². The summed E-state index contributed by atoms with van der Waals surface area (Å²) in [4.78, 5) is 35.9. The second-order valence-corrected chi connectivity index (χ2v) is 13.7. The molecule has 0 N–H and O–H groups in total. The van der Waals surface area contributed by atoms with Crippen molar-refractivity contribution in [1.82, 2.24) is 9.97 Å². The standard InChI is InChI=1S/C33H34ClN3O5/c1-31(2,3)42-30(39)37(25-8-6-5-7-23(25)29(38)40-4)27-17-36-28(18-35-27)41-26-10-9-20(13-24(26)34)32-15-21-11-19-12-22(16-32)33(21,32)14-19/h5-10,13,17-19,21-22H,11-12,14-16H2,1-4H3. The molecule has 3 aromatic rings. The summed E-state index contributed by atoms with van der Waals surface area (Å²) in [6.07, 6.45) is 8.90. The van der Waals surface area contributed by atoms with Crippen LogP contribution in [0.2, 0.25) is 5.02 Å². The fourth-order valence-electron chi connectivity index (χ4n) is 8.73. The Labute approximate surface area is 250 Å². The molecule has 2 aromatic carbocycles. The molecule has 4 aliphatic rings. The summed E-state index contributed by atoms with van der Waals surface area (Å²) in [5.74, 6) is 3.01. The van der Waals surface area contributed by atoms with Gasteiger partial charge in [-0.3, -0.25) is 0 Å². The molecular formula is C33H34ClN3O5. The van der Waals surface area contributed by atoms with Crippen LogP contribution < -0.4 is 9.64 Å². The highest BCUT2D eigenvalue weighted by atomic mass is 35.5. The maximum Gasteiger partial charge on any atom is 0.420 e. The van der Waals surface area contributed by atoms with Crippen LogP contribution in [-0.4, -0.2) is 34.7 Å². The Morgan fingerprint density at radius 1 is 1.00 bits per heavy atom. The molecule has 8 nitrogen and oxygen atoms in total. The van der Waals surface area contributed by atoms with Crippen molar-refractivity contribution in [3.05, 3.63) is 71.0 Å². The van der Waals surface area contributed by atoms with Gasteiger partial charge in [0.2, 0.25) is 5.88 Å². The number of para-hydroxylation sites is 1. The molecule has 218 valence electrons. The zero-order chi connectivity index (χ0) is 29.4. The van der Waals surface area contributed by atoms with Crippen LogP contribution in [0.15, 0.2) is 54.9 Å². The van der Waals surface area contributed by atoms with Gasteiger partial charge in [-0.1, -0.05) is 29.8 Å². The van der Waals surface area contributed by atoms with Gasteiger partial charge < -0.3 is 14.2 Å². The summed E-state index contributed by atoms with van der Waals surface area (Å²) in [5.41, 5.74) is 1.81. The SMILES string of the molecule is COC(=O)c1ccccc1N(C(=O)OC(C)(C)C)c1cnc(Oc2ccc(C34CC5CC6CC(C3)C54C6)cc2Cl)cn1. The van der Waals surface area contributed by atoms with Crippen molar-refractivity contribution in [3.63, 3.8) is 0 Å². The smallest absolute Gasteiger partial charge is 0.420 e. The van der Waals surface area contributed by atoms with Crippen molar-refractivity contribution in [2.75, 3.05) is 12.0 Å². The fourth-order valence-corrected chi connectivity index (χ4v) is 8.95. The predicted molar refractivity (Wildman–Crippen MR) is 157 cm³/mol. The molecule has 0 saturated heterocycles. The van der Waals surface area contributed by atoms with Gasteiger partial charge >= 0.3 is 12.1 Å². The highest BCUT2D eigenvalue weighted by molar-refractivity contribution is 6.32. The second kappa shape index (κ2) is 9.43. The van der Waals surface area contributed by atoms with Crippen LogP contribution in [0.25, 0.3) is 0 Å². The number of esters is 1. The van der Waals surface area contributed by atoms with E-state index in [9.17, 15) is 9.59 Å². The van der Waals surface area contributed by atoms with Gasteiger partial charge in [-0.05, 0) is 106 Å². The normalized spacial score (nSPS) is 28.3. The number of hydrogen-bond acceptors (Lipinski definition) is 7. The monoisotopic (exact) mass is 587 g/mol. The van der Waals surface area contributed by atoms with Crippen LogP contribution in [0.1, 0.15) is 68.8 Å². The number of rotatable bonds is 6. The number of carbonyl (C=O) groups is 2. The van der Waals surface area contributed by atoms with E-state index >= 15 is 0 Å². The average Bonchev–Trinajstić information content (AvgIpc) is 3.47. The molecule has 2 atom stereocenters. The third kappa shape index (κ3) is 3.94. The Morgan fingerprint density at radius 2 is 1.74 bits per heavy atom. The predicted octanol–water partition coefficient (Wildman–Crippen LogP) is 7.86. The Kier molecular flexibility index (Phi) is 6.11. The lowest BCUT2D eigenvalue weighted by Gasteiger charge is -2.75. The van der Waals surface area contributed by atoms with Gasteiger partial charge in [-0.15, -0.1) is 0 Å². The molecule has 2 unspecified atom stereocenters. The van der Waals surface area contributed by atoms with Crippen LogP contribution >= 0.6 is 11.6 Å². The number of nitrogens with zero attached hydrogens (tertiary/aromatic N) is 3. The molecule has 0 radical (unpaired) electrons. The van der Waals surface area contributed by atoms with Gasteiger partial charge in [0.05, 0.1) is 35.8 Å². The molecule has 1 heterocycles. The third-order valence-electron chi connectivity index (χ3n) is 10.1. The van der Waals surface area contributed by atoms with Crippen molar-refractivity contribution in [2.24, 2.45) is 23.2 Å². The van der Waals surface area contributed by atoms with Crippen LogP contribution in [0.4, 0.5) is 16.3 Å². The van der Waals surface area contributed by atoms with Crippen LogP contribution in [0.5, 0.6) is 11.6 Å². The topological polar surface area (TPSA) is 90.9 Å². The lowest BCUT2D eigenvalue weighted by atomic mass is 9.29. The number of anilines is 2. The summed E-state index contributed by atoms with van der Waals surface area (Å²) >= 11 is 6.76. The summed E-state index contributed by atoms with van der Waals surface area (Å²) in [6.45, 7) is 5.28. The van der Waals surface area contributed by atoms with Crippen LogP contribution in [0.3, 0.4) is 0 Å². The zero-order valence-corrected chi connectivity index (χ0v) is 25.0. The Bertz CT molecular complexity index is 1570. The van der Waals surface area contributed by atoms with Crippen molar-refractivity contribution in [3.8, 4) is 11.6 Å². The molecule has 7 rings (SSSR count). The summed E-state index contributed by atoms with van der Waals surface area (Å²) in [7, 11) is 1.28. The second-order valence-electron chi connectivity index (χ2n) is 13.3. The minimum Gasteiger partial charge on any atom is -0.465 e. The number of halogens is 1. The van der Waals surface area contributed by atoms with E-state index in [0.29, 0.717) is 21.6 Å². The Morgan fingerprint density at radius 3 is 2.36 bits per heavy atom. The van der Waals surface area contributed by atoms with Crippen molar-refractivity contribution >= 4 is 35.2 Å². The molecule has 42 heavy (non-hydrogen) atoms. The van der Waals surface area contributed by atoms with E-state index in [1.807, 2.05) is 6.07 Å². The molecule has 4 fully saturated rings. The number of carbonyl (C=O) groups excluding carboxylic acids is 2. The molecule has 9 heteroatoms. The maximum atomic E-state index is 13.3. The number of aromatic nitrogens is 2. The number of ether oxygens (including phenoxy) is 3. The van der Waals surface area contributed by atoms with Crippen molar-refractivity contribution in [1.29, 1.82) is 0 Å².